The van der Waals surface area contributed by atoms with Crippen LogP contribution in [0.2, 0.25) is 0 Å². The smallest absolute Gasteiger partial charge is 0.338 e. The Balaban J connectivity index is 2.01. The van der Waals surface area contributed by atoms with Crippen LogP contribution in [0.15, 0.2) is 59.8 Å². The molecule has 6 nitrogen and oxygen atoms in total. The molecule has 0 unspecified atom stereocenters. The number of methoxy groups -OCH3 is 1. The van der Waals surface area contributed by atoms with E-state index < -0.39 is 6.04 Å². The van der Waals surface area contributed by atoms with Crippen LogP contribution in [0.1, 0.15) is 25.5 Å². The number of ether oxygens (including phenoxy) is 2. The Labute approximate surface area is 157 Å². The highest BCUT2D eigenvalue weighted by molar-refractivity contribution is 5.94. The van der Waals surface area contributed by atoms with Crippen molar-refractivity contribution in [3.05, 3.63) is 65.4 Å². The number of carbonyl (C=O) groups excluding carboxylic acids is 1. The molecule has 1 N–H and O–H groups in total. The van der Waals surface area contributed by atoms with Crippen LogP contribution in [0.5, 0.6) is 5.75 Å². The van der Waals surface area contributed by atoms with Crippen LogP contribution in [0.3, 0.4) is 0 Å². The van der Waals surface area contributed by atoms with Gasteiger partial charge in [0.2, 0.25) is 5.95 Å². The maximum absolute atomic E-state index is 12.9. The van der Waals surface area contributed by atoms with Crippen LogP contribution >= 0.6 is 0 Å². The predicted octanol–water partition coefficient (Wildman–Crippen LogP) is 3.90. The number of esters is 1. The normalized spacial score (nSPS) is 16.0. The second kappa shape index (κ2) is 6.79. The first-order chi connectivity index (χ1) is 13.2. The number of nitrogens with one attached hydrogen (secondary N) is 1. The molecule has 2 aromatic carbocycles. The number of imidazole rings is 1. The van der Waals surface area contributed by atoms with E-state index >= 15 is 0 Å². The summed E-state index contributed by atoms with van der Waals surface area (Å²) >= 11 is 0. The summed E-state index contributed by atoms with van der Waals surface area (Å²) in [7, 11) is 1.63. The summed E-state index contributed by atoms with van der Waals surface area (Å²) in [6, 6.07) is 15.2. The van der Waals surface area contributed by atoms with E-state index in [1.165, 1.54) is 0 Å². The minimum atomic E-state index is -0.399. The Morgan fingerprint density at radius 2 is 1.93 bits per heavy atom. The molecule has 138 valence electrons. The minimum Gasteiger partial charge on any atom is -0.496 e. The molecule has 0 saturated heterocycles. The Kier molecular flexibility index (Phi) is 4.32. The van der Waals surface area contributed by atoms with Crippen molar-refractivity contribution < 1.29 is 14.3 Å². The van der Waals surface area contributed by atoms with Crippen LogP contribution in [0.4, 0.5) is 5.95 Å². The van der Waals surface area contributed by atoms with Crippen molar-refractivity contribution in [3.63, 3.8) is 0 Å². The number of allylic oxidation sites excluding steroid dienone is 1. The molecule has 0 bridgehead atoms. The Morgan fingerprint density at radius 1 is 1.19 bits per heavy atom. The zero-order chi connectivity index (χ0) is 19.0. The highest BCUT2D eigenvalue weighted by atomic mass is 16.5. The van der Waals surface area contributed by atoms with Gasteiger partial charge in [-0.15, -0.1) is 0 Å². The number of carbonyl (C=O) groups is 1. The number of hydrogen-bond donors (Lipinski definition) is 1. The van der Waals surface area contributed by atoms with Crippen LogP contribution in [0.25, 0.3) is 11.0 Å². The van der Waals surface area contributed by atoms with Crippen molar-refractivity contribution >= 4 is 23.0 Å². The second-order valence-electron chi connectivity index (χ2n) is 6.32. The average molecular weight is 363 g/mol. The molecule has 0 spiro atoms. The summed E-state index contributed by atoms with van der Waals surface area (Å²) in [4.78, 5) is 17.6. The molecule has 1 aliphatic heterocycles. The number of benzene rings is 2. The van der Waals surface area contributed by atoms with Gasteiger partial charge in [0.15, 0.2) is 0 Å². The third-order valence-corrected chi connectivity index (χ3v) is 4.76. The molecule has 0 aliphatic carbocycles. The van der Waals surface area contributed by atoms with Crippen LogP contribution in [-0.2, 0) is 9.53 Å². The highest BCUT2D eigenvalue weighted by Gasteiger charge is 2.36. The first kappa shape index (κ1) is 17.1. The lowest BCUT2D eigenvalue weighted by atomic mass is 9.94. The average Bonchev–Trinajstić information content (AvgIpc) is 3.04. The molecule has 2 heterocycles. The van der Waals surface area contributed by atoms with Gasteiger partial charge in [-0.3, -0.25) is 4.57 Å². The van der Waals surface area contributed by atoms with Gasteiger partial charge in [-0.2, -0.15) is 0 Å². The van der Waals surface area contributed by atoms with Crippen molar-refractivity contribution in [2.24, 2.45) is 0 Å². The Bertz CT molecular complexity index is 1050. The second-order valence-corrected chi connectivity index (χ2v) is 6.32. The number of fused-ring (bicyclic) bond motifs is 3. The standard InChI is InChI=1S/C21H21N3O3/c1-4-27-20(25)18-13(2)22-21-23-15-10-6-7-11-16(15)24(21)19(18)14-9-5-8-12-17(14)26-3/h5-12,19H,4H2,1-3H3,(H,22,23)/t19-/m0/s1. The first-order valence-corrected chi connectivity index (χ1v) is 8.90. The number of rotatable bonds is 4. The molecule has 4 rings (SSSR count). The molecule has 27 heavy (non-hydrogen) atoms. The summed E-state index contributed by atoms with van der Waals surface area (Å²) < 4.78 is 13.0. The maximum atomic E-state index is 12.9. The molecule has 0 saturated carbocycles. The third kappa shape index (κ3) is 2.73. The van der Waals surface area contributed by atoms with Gasteiger partial charge in [0.1, 0.15) is 5.75 Å². The molecule has 0 fully saturated rings. The molecule has 1 atom stereocenters. The van der Waals surface area contributed by atoms with Gasteiger partial charge in [-0.25, -0.2) is 9.78 Å². The lowest BCUT2D eigenvalue weighted by molar-refractivity contribution is -0.139. The van der Waals surface area contributed by atoms with E-state index in [0.717, 1.165) is 22.3 Å². The SMILES string of the molecule is CCOC(=O)C1=C(C)Nc2nc3ccccc3n2[C@H]1c1ccccc1OC. The zero-order valence-corrected chi connectivity index (χ0v) is 15.5. The highest BCUT2D eigenvalue weighted by Crippen LogP contribution is 2.42. The molecule has 3 aromatic rings. The van der Waals surface area contributed by atoms with Gasteiger partial charge < -0.3 is 14.8 Å². The van der Waals surface area contributed by atoms with E-state index in [9.17, 15) is 4.79 Å². The fourth-order valence-corrected chi connectivity index (χ4v) is 3.62. The van der Waals surface area contributed by atoms with Crippen molar-refractivity contribution in [2.75, 3.05) is 19.0 Å². The largest absolute Gasteiger partial charge is 0.496 e. The van der Waals surface area contributed by atoms with E-state index in [4.69, 9.17) is 14.5 Å². The van der Waals surface area contributed by atoms with Gasteiger partial charge in [0.25, 0.3) is 0 Å². The van der Waals surface area contributed by atoms with E-state index in [1.54, 1.807) is 14.0 Å². The van der Waals surface area contributed by atoms with Crippen molar-refractivity contribution in [1.29, 1.82) is 0 Å². The fraction of sp³-hybridized carbons (Fsp3) is 0.238. The summed E-state index contributed by atoms with van der Waals surface area (Å²) in [5, 5.41) is 3.27. The Morgan fingerprint density at radius 3 is 2.70 bits per heavy atom. The molecule has 6 heteroatoms. The lowest BCUT2D eigenvalue weighted by Crippen LogP contribution is -2.29. The van der Waals surface area contributed by atoms with Gasteiger partial charge in [-0.1, -0.05) is 30.3 Å². The van der Waals surface area contributed by atoms with Gasteiger partial charge in [0, 0.05) is 11.3 Å². The van der Waals surface area contributed by atoms with E-state index in [-0.39, 0.29) is 5.97 Å². The molecule has 1 aromatic heterocycles. The topological polar surface area (TPSA) is 65.4 Å². The first-order valence-electron chi connectivity index (χ1n) is 8.90. The lowest BCUT2D eigenvalue weighted by Gasteiger charge is -2.30. The number of anilines is 1. The van der Waals surface area contributed by atoms with Gasteiger partial charge >= 0.3 is 5.97 Å². The van der Waals surface area contributed by atoms with Crippen LogP contribution in [-0.4, -0.2) is 29.2 Å². The zero-order valence-electron chi connectivity index (χ0n) is 15.5. The quantitative estimate of drug-likeness (QED) is 0.712. The maximum Gasteiger partial charge on any atom is 0.338 e. The number of nitrogens with zero attached hydrogens (tertiary/aromatic N) is 2. The number of hydrogen-bond acceptors (Lipinski definition) is 5. The van der Waals surface area contributed by atoms with Crippen LogP contribution in [0, 0.1) is 0 Å². The molecule has 0 radical (unpaired) electrons. The molecular weight excluding hydrogens is 342 g/mol. The molecule has 0 amide bonds. The molecule has 1 aliphatic rings. The van der Waals surface area contributed by atoms with E-state index in [2.05, 4.69) is 5.32 Å². The summed E-state index contributed by atoms with van der Waals surface area (Å²) in [6.45, 7) is 3.99. The predicted molar refractivity (Wildman–Crippen MR) is 104 cm³/mol. The van der Waals surface area contributed by atoms with Crippen LogP contribution < -0.4 is 10.1 Å². The summed E-state index contributed by atoms with van der Waals surface area (Å²) in [5.74, 6) is 1.06. The van der Waals surface area contributed by atoms with Gasteiger partial charge in [-0.05, 0) is 32.0 Å². The van der Waals surface area contributed by atoms with Gasteiger partial charge in [0.05, 0.1) is 36.4 Å². The summed E-state index contributed by atoms with van der Waals surface area (Å²) in [6.07, 6.45) is 0. The van der Waals surface area contributed by atoms with Crippen molar-refractivity contribution in [1.82, 2.24) is 9.55 Å². The van der Waals surface area contributed by atoms with E-state index in [1.807, 2.05) is 60.0 Å². The third-order valence-electron chi connectivity index (χ3n) is 4.76. The number of para-hydroxylation sites is 3. The monoisotopic (exact) mass is 363 g/mol. The summed E-state index contributed by atoms with van der Waals surface area (Å²) in [5.41, 5.74) is 3.96. The fourth-order valence-electron chi connectivity index (χ4n) is 3.62. The Hall–Kier alpha value is -3.28. The number of aromatic nitrogens is 2. The van der Waals surface area contributed by atoms with Crippen molar-refractivity contribution in [2.45, 2.75) is 19.9 Å². The van der Waals surface area contributed by atoms with Crippen molar-refractivity contribution in [3.8, 4) is 5.75 Å². The molecular formula is C21H21N3O3. The van der Waals surface area contributed by atoms with E-state index in [0.29, 0.717) is 23.9 Å². The minimum absolute atomic E-state index is 0.311.